The van der Waals surface area contributed by atoms with Gasteiger partial charge in [-0.3, -0.25) is 0 Å². The Kier molecular flexibility index (Phi) is 7.51. The molecule has 0 spiro atoms. The molecule has 0 fully saturated rings. The summed E-state index contributed by atoms with van der Waals surface area (Å²) in [6.07, 6.45) is 0. The molecule has 0 nitrogen and oxygen atoms in total. The standard InChI is InChI=1S/C22H12.2Y/c1-3-7-17(8-4-1)19-11-13-22-16-20(12-14-21(22)15-19)18-9-5-2-6-10-18;;/h1-7,9,11-14H;;/q-4;;. The van der Waals surface area contributed by atoms with Crippen LogP contribution < -0.4 is 0 Å². The molecule has 0 atom stereocenters. The second kappa shape index (κ2) is 9.16. The number of rotatable bonds is 2. The quantitative estimate of drug-likeness (QED) is 0.358. The van der Waals surface area contributed by atoms with Crippen LogP contribution in [0.4, 0.5) is 0 Å². The number of fused-ring (bicyclic) bond motifs is 1. The predicted octanol–water partition coefficient (Wildman–Crippen LogP) is 5.37. The van der Waals surface area contributed by atoms with Gasteiger partial charge in [0.2, 0.25) is 0 Å². The molecular formula is C22H12Y2-4. The molecule has 0 aromatic heterocycles. The molecule has 0 unspecified atom stereocenters. The zero-order valence-corrected chi connectivity index (χ0v) is 18.8. The first-order chi connectivity index (χ1) is 10.9. The van der Waals surface area contributed by atoms with E-state index in [0.29, 0.717) is 0 Å². The Labute approximate surface area is 193 Å². The fourth-order valence-electron chi connectivity index (χ4n) is 2.54. The maximum Gasteiger partial charge on any atom is 0 e. The summed E-state index contributed by atoms with van der Waals surface area (Å²) in [5.41, 5.74) is 4.23. The van der Waals surface area contributed by atoms with E-state index in [-0.39, 0.29) is 65.4 Å². The van der Waals surface area contributed by atoms with Gasteiger partial charge in [-0.25, -0.2) is 57.3 Å². The Balaban J connectivity index is 0.00000104. The molecule has 110 valence electrons. The van der Waals surface area contributed by atoms with Crippen LogP contribution in [0.5, 0.6) is 0 Å². The van der Waals surface area contributed by atoms with Crippen LogP contribution in [-0.4, -0.2) is 0 Å². The number of benzene rings is 4. The van der Waals surface area contributed by atoms with Crippen molar-refractivity contribution in [1.29, 1.82) is 0 Å². The minimum atomic E-state index is 0. The molecule has 0 aliphatic heterocycles. The fraction of sp³-hybridized carbons (Fsp3) is 0. The molecule has 0 aliphatic carbocycles. The van der Waals surface area contributed by atoms with Crippen LogP contribution in [0.25, 0.3) is 33.0 Å². The predicted molar refractivity (Wildman–Crippen MR) is 90.2 cm³/mol. The van der Waals surface area contributed by atoms with Crippen LogP contribution in [-0.2, 0) is 65.4 Å². The van der Waals surface area contributed by atoms with Gasteiger partial charge < -0.3 is 0 Å². The molecule has 24 heavy (non-hydrogen) atoms. The van der Waals surface area contributed by atoms with Crippen molar-refractivity contribution in [2.75, 3.05) is 0 Å². The summed E-state index contributed by atoms with van der Waals surface area (Å²) in [7, 11) is 0. The van der Waals surface area contributed by atoms with Gasteiger partial charge in [-0.2, -0.15) is 60.7 Å². The second-order valence-electron chi connectivity index (χ2n) is 5.12. The molecule has 0 heterocycles. The van der Waals surface area contributed by atoms with Crippen molar-refractivity contribution in [3.05, 3.63) is 97.1 Å². The molecule has 0 N–H and O–H groups in total. The Bertz CT molecular complexity index is 837. The number of hydrogen-bond acceptors (Lipinski definition) is 0. The van der Waals surface area contributed by atoms with Gasteiger partial charge in [0.1, 0.15) is 0 Å². The Morgan fingerprint density at radius 3 is 1.29 bits per heavy atom. The van der Waals surface area contributed by atoms with E-state index in [1.807, 2.05) is 36.4 Å². The third-order valence-corrected chi connectivity index (χ3v) is 3.66. The molecule has 0 saturated carbocycles. The smallest absolute Gasteiger partial charge is 0 e. The first kappa shape index (κ1) is 19.7. The van der Waals surface area contributed by atoms with Gasteiger partial charge in [0, 0.05) is 65.4 Å². The van der Waals surface area contributed by atoms with Crippen molar-refractivity contribution >= 4 is 10.8 Å². The van der Waals surface area contributed by atoms with Gasteiger partial charge in [0.15, 0.2) is 0 Å². The first-order valence-corrected chi connectivity index (χ1v) is 7.23. The van der Waals surface area contributed by atoms with E-state index in [0.717, 1.165) is 33.0 Å². The average Bonchev–Trinajstić information content (AvgIpc) is 2.62. The summed E-state index contributed by atoms with van der Waals surface area (Å²) in [5.74, 6) is 0. The van der Waals surface area contributed by atoms with E-state index < -0.39 is 0 Å². The van der Waals surface area contributed by atoms with Crippen molar-refractivity contribution in [3.63, 3.8) is 0 Å². The zero-order valence-electron chi connectivity index (χ0n) is 13.1. The van der Waals surface area contributed by atoms with Gasteiger partial charge in [-0.1, -0.05) is 0 Å². The van der Waals surface area contributed by atoms with Crippen molar-refractivity contribution in [3.8, 4) is 22.3 Å². The van der Waals surface area contributed by atoms with E-state index in [1.165, 1.54) is 0 Å². The maximum atomic E-state index is 3.45. The molecule has 4 rings (SSSR count). The monoisotopic (exact) mass is 454 g/mol. The van der Waals surface area contributed by atoms with Crippen LogP contribution in [0.2, 0.25) is 0 Å². The summed E-state index contributed by atoms with van der Waals surface area (Å²) in [6.45, 7) is 0. The Morgan fingerprint density at radius 2 is 0.917 bits per heavy atom. The van der Waals surface area contributed by atoms with Gasteiger partial charge in [0.25, 0.3) is 0 Å². The minimum absolute atomic E-state index is 0. The maximum absolute atomic E-state index is 3.45. The van der Waals surface area contributed by atoms with E-state index in [2.05, 4.69) is 60.7 Å². The van der Waals surface area contributed by atoms with E-state index >= 15 is 0 Å². The zero-order chi connectivity index (χ0) is 14.8. The summed E-state index contributed by atoms with van der Waals surface area (Å²) in [5, 5.41) is 2.13. The van der Waals surface area contributed by atoms with Crippen molar-refractivity contribution < 1.29 is 65.4 Å². The molecule has 4 aromatic rings. The van der Waals surface area contributed by atoms with Crippen LogP contribution >= 0.6 is 0 Å². The first-order valence-electron chi connectivity index (χ1n) is 7.23. The van der Waals surface area contributed by atoms with E-state index in [9.17, 15) is 0 Å². The van der Waals surface area contributed by atoms with E-state index in [1.54, 1.807) is 0 Å². The molecule has 4 aromatic carbocycles. The molecule has 0 bridgehead atoms. The summed E-state index contributed by atoms with van der Waals surface area (Å²) >= 11 is 0. The van der Waals surface area contributed by atoms with Crippen LogP contribution in [0.3, 0.4) is 0 Å². The van der Waals surface area contributed by atoms with Gasteiger partial charge in [-0.05, 0) is 0 Å². The minimum Gasteiger partial charge on any atom is -0.215 e. The van der Waals surface area contributed by atoms with Crippen molar-refractivity contribution in [2.24, 2.45) is 0 Å². The van der Waals surface area contributed by atoms with Crippen molar-refractivity contribution in [1.82, 2.24) is 0 Å². The molecule has 0 aliphatic rings. The third kappa shape index (κ3) is 4.30. The fourth-order valence-corrected chi connectivity index (χ4v) is 2.54. The summed E-state index contributed by atoms with van der Waals surface area (Å²) in [4.78, 5) is 0. The Hall–Kier alpha value is -0.652. The average molecular weight is 454 g/mol. The third-order valence-electron chi connectivity index (χ3n) is 3.66. The summed E-state index contributed by atoms with van der Waals surface area (Å²) in [6, 6.07) is 37.6. The van der Waals surface area contributed by atoms with E-state index in [4.69, 9.17) is 0 Å². The van der Waals surface area contributed by atoms with Crippen molar-refractivity contribution in [2.45, 2.75) is 0 Å². The van der Waals surface area contributed by atoms with Gasteiger partial charge in [-0.15, -0.1) is 12.1 Å². The van der Waals surface area contributed by atoms with Crippen LogP contribution in [0.1, 0.15) is 0 Å². The van der Waals surface area contributed by atoms with Crippen LogP contribution in [0, 0.1) is 24.3 Å². The molecule has 2 radical (unpaired) electrons. The van der Waals surface area contributed by atoms with Gasteiger partial charge >= 0.3 is 0 Å². The van der Waals surface area contributed by atoms with Gasteiger partial charge in [0.05, 0.1) is 0 Å². The molecular weight excluding hydrogens is 442 g/mol. The molecule has 0 amide bonds. The molecule has 0 saturated heterocycles. The van der Waals surface area contributed by atoms with Crippen LogP contribution in [0.15, 0.2) is 72.8 Å². The molecule has 2 heteroatoms. The largest absolute Gasteiger partial charge is 0.215 e. The SMILES string of the molecule is [Y].[Y].[c-]1ccccc1-c1[c-]c2ccc(-c3[c-]cccc3)[c-]c2cc1. The second-order valence-corrected chi connectivity index (χ2v) is 5.12. The number of hydrogen-bond donors (Lipinski definition) is 0. The summed E-state index contributed by atoms with van der Waals surface area (Å²) < 4.78 is 0. The topological polar surface area (TPSA) is 0 Å². The normalized spacial score (nSPS) is 9.83. The Morgan fingerprint density at radius 1 is 0.458 bits per heavy atom.